The lowest BCUT2D eigenvalue weighted by molar-refractivity contribution is 0.426. The number of anilines is 6. The van der Waals surface area contributed by atoms with Gasteiger partial charge in [0.1, 0.15) is 0 Å². The van der Waals surface area contributed by atoms with Crippen LogP contribution in [0.1, 0.15) is 89.0 Å². The Kier molecular flexibility index (Phi) is 18.8. The lowest BCUT2D eigenvalue weighted by Gasteiger charge is -2.49. The molecule has 0 saturated carbocycles. The Morgan fingerprint density at radius 1 is 0.162 bits per heavy atom. The third-order valence-electron chi connectivity index (χ3n) is 28.3. The molecule has 0 saturated heterocycles. The predicted molar refractivity (Wildman–Crippen MR) is 536 cm³/mol. The first-order chi connectivity index (χ1) is 64.3. The third kappa shape index (κ3) is 11.6. The Labute approximate surface area is 763 Å². The second-order valence-electron chi connectivity index (χ2n) is 34.5. The smallest absolute Gasteiger partial charge is 0.423 e. The van der Waals surface area contributed by atoms with Crippen molar-refractivity contribution < 1.29 is 10.0 Å². The van der Waals surface area contributed by atoms with Crippen LogP contribution in [-0.4, -0.2) is 17.2 Å². The van der Waals surface area contributed by atoms with E-state index in [2.05, 4.69) is 447 Å². The minimum Gasteiger partial charge on any atom is -0.423 e. The number of fused-ring (bicyclic) bond motifs is 32. The van der Waals surface area contributed by atoms with Crippen LogP contribution in [0.5, 0.6) is 0 Å². The van der Waals surface area contributed by atoms with Crippen molar-refractivity contribution in [2.24, 2.45) is 0 Å². The Bertz CT molecular complexity index is 7510. The van der Waals surface area contributed by atoms with Crippen molar-refractivity contribution in [2.45, 2.75) is 21.7 Å². The Morgan fingerprint density at radius 3 is 0.662 bits per heavy atom. The molecule has 0 amide bonds. The summed E-state index contributed by atoms with van der Waals surface area (Å²) in [7, 11) is -1.44. The SMILES string of the molecule is Clc1cccc2c1C1(c3ccccc3-c3ccccc31)c1ccccc1C21c2ccccc2-c2ccccc21.OB(O)c1ccc(-c2ccc(N(c3ccccc3)c3ccccc3)cc2)cc1.c1ccc(N(c2ccccc2)c2ccc(-c3ccc(-c4cccc5c4C4(c6ccccc6-c6ccccc64)c4ccccc4C54c5ccccc5-c5ccccc54)cc3)cc2)cc1. The van der Waals surface area contributed by atoms with Crippen molar-refractivity contribution in [3.05, 3.63) is 591 Å². The van der Waals surface area contributed by atoms with Gasteiger partial charge in [-0.2, -0.15) is 0 Å². The van der Waals surface area contributed by atoms with Crippen molar-refractivity contribution in [2.75, 3.05) is 9.80 Å². The summed E-state index contributed by atoms with van der Waals surface area (Å²) in [5.74, 6) is 0. The summed E-state index contributed by atoms with van der Waals surface area (Å²) < 4.78 is 0. The molecular formula is C124H84BClN2O2. The van der Waals surface area contributed by atoms with Crippen LogP contribution in [0.25, 0.3) is 77.9 Å². The number of nitrogens with zero attached hydrogens (tertiary/aromatic N) is 2. The van der Waals surface area contributed by atoms with E-state index in [1.807, 2.05) is 48.5 Å². The van der Waals surface area contributed by atoms with Crippen LogP contribution in [-0.2, 0) is 21.7 Å². The summed E-state index contributed by atoms with van der Waals surface area (Å²) in [4.78, 5) is 4.53. The zero-order valence-electron chi connectivity index (χ0n) is 71.1. The van der Waals surface area contributed by atoms with E-state index in [1.165, 1.54) is 156 Å². The maximum atomic E-state index is 9.25. The van der Waals surface area contributed by atoms with Crippen molar-refractivity contribution in [3.63, 3.8) is 0 Å². The van der Waals surface area contributed by atoms with Crippen LogP contribution in [0.4, 0.5) is 34.1 Å². The van der Waals surface area contributed by atoms with E-state index < -0.39 is 28.8 Å². The van der Waals surface area contributed by atoms with Crippen LogP contribution >= 0.6 is 11.6 Å². The van der Waals surface area contributed by atoms with Crippen molar-refractivity contribution in [3.8, 4) is 77.9 Å². The quantitative estimate of drug-likeness (QED) is 0.134. The lowest BCUT2D eigenvalue weighted by atomic mass is 9.51. The zero-order valence-corrected chi connectivity index (χ0v) is 71.8. The van der Waals surface area contributed by atoms with Gasteiger partial charge in [0.05, 0.1) is 21.7 Å². The molecular weight excluding hydrogens is 1600 g/mol. The van der Waals surface area contributed by atoms with Gasteiger partial charge >= 0.3 is 7.12 Å². The molecule has 0 heterocycles. The number of benzene rings is 20. The van der Waals surface area contributed by atoms with Gasteiger partial charge in [-0.15, -0.1) is 0 Å². The van der Waals surface area contributed by atoms with Gasteiger partial charge in [0.15, 0.2) is 0 Å². The maximum absolute atomic E-state index is 9.25. The van der Waals surface area contributed by atoms with Crippen LogP contribution in [0.3, 0.4) is 0 Å². The van der Waals surface area contributed by atoms with Crippen LogP contribution in [0.15, 0.2) is 497 Å². The summed E-state index contributed by atoms with van der Waals surface area (Å²) in [6.45, 7) is 0. The van der Waals surface area contributed by atoms with Crippen LogP contribution < -0.4 is 15.3 Å². The highest BCUT2D eigenvalue weighted by molar-refractivity contribution is 6.58. The molecule has 0 fully saturated rings. The summed E-state index contributed by atoms with van der Waals surface area (Å²) in [6, 6.07) is 180. The first-order valence-electron chi connectivity index (χ1n) is 44.8. The summed E-state index contributed by atoms with van der Waals surface area (Å²) >= 11 is 7.43. The molecule has 0 bridgehead atoms. The largest absolute Gasteiger partial charge is 0.488 e. The second kappa shape index (κ2) is 31.4. The van der Waals surface area contributed by atoms with E-state index in [9.17, 15) is 10.0 Å². The molecule has 130 heavy (non-hydrogen) atoms. The van der Waals surface area contributed by atoms with Gasteiger partial charge in [-0.25, -0.2) is 0 Å². The average Bonchev–Trinajstić information content (AvgIpc) is 1.49. The normalized spacial score (nSPS) is 13.7. The van der Waals surface area contributed by atoms with E-state index >= 15 is 0 Å². The minimum absolute atomic E-state index is 0.457. The van der Waals surface area contributed by atoms with Gasteiger partial charge in [0, 0.05) is 39.1 Å². The summed E-state index contributed by atoms with van der Waals surface area (Å²) in [5.41, 5.74) is 43.7. The van der Waals surface area contributed by atoms with E-state index in [0.717, 1.165) is 50.3 Å². The van der Waals surface area contributed by atoms with Crippen molar-refractivity contribution >= 4 is 58.3 Å². The highest BCUT2D eigenvalue weighted by Gasteiger charge is 2.62. The maximum Gasteiger partial charge on any atom is 0.488 e. The van der Waals surface area contributed by atoms with Crippen molar-refractivity contribution in [1.29, 1.82) is 0 Å². The highest BCUT2D eigenvalue weighted by Crippen LogP contribution is 2.71. The summed E-state index contributed by atoms with van der Waals surface area (Å²) in [6.07, 6.45) is 0. The van der Waals surface area contributed by atoms with Gasteiger partial charge in [-0.3, -0.25) is 0 Å². The lowest BCUT2D eigenvalue weighted by Crippen LogP contribution is -2.44. The Hall–Kier alpha value is -15.7. The van der Waals surface area contributed by atoms with E-state index in [1.54, 1.807) is 12.1 Å². The average molecular weight is 1680 g/mol. The third-order valence-corrected chi connectivity index (χ3v) is 28.6. The standard InChI is InChI=1S/C62H41N.C38H23Cl.C24H20BNO2/c1-3-18-45(19-4-1)63(46-20-5-2-6-21-46)47-40-38-43(39-41-47)42-34-36-44(37-35-42)48-26-17-33-59-60(48)62(55-29-13-9-24-51(55)52-25-10-14-30-56(52)62)58-32-16-15-31-57(58)61(59)53-27-11-7-22-49(53)50-23-8-12-28-54(50)61;39-35-23-11-22-34-36(35)38(30-18-7-3-14-26(30)27-15-4-8-19-31(27)38)33-21-10-9-20-32(33)37(34)28-16-5-1-12-24(28)25-13-2-6-17-29(25)37;27-25(28)21-15-11-19(12-16-21)20-13-17-24(18-14-20)26(22-7-3-1-4-8-22)23-9-5-2-6-10-23/h1-41H;1-23H;1-18,27-28H. The molecule has 0 atom stereocenters. The molecule has 4 nitrogen and oxygen atoms in total. The van der Waals surface area contributed by atoms with Crippen molar-refractivity contribution in [1.82, 2.24) is 0 Å². The zero-order chi connectivity index (χ0) is 86.7. The molecule has 0 radical (unpaired) electrons. The number of rotatable bonds is 10. The minimum atomic E-state index is -1.44. The number of hydrogen-bond acceptors (Lipinski definition) is 4. The molecule has 6 aliphatic rings. The fraction of sp³-hybridized carbons (Fsp3) is 0.0323. The number of para-hydroxylation sites is 4. The van der Waals surface area contributed by atoms with E-state index in [4.69, 9.17) is 11.6 Å². The predicted octanol–water partition coefficient (Wildman–Crippen LogP) is 29.4. The first kappa shape index (κ1) is 77.8. The van der Waals surface area contributed by atoms with E-state index in [0.29, 0.717) is 5.46 Å². The van der Waals surface area contributed by atoms with Crippen LogP contribution in [0.2, 0.25) is 5.02 Å². The second-order valence-corrected chi connectivity index (χ2v) is 34.9. The Morgan fingerprint density at radius 2 is 0.362 bits per heavy atom. The topological polar surface area (TPSA) is 46.9 Å². The first-order valence-corrected chi connectivity index (χ1v) is 45.2. The molecule has 4 spiro atoms. The van der Waals surface area contributed by atoms with Gasteiger partial charge in [0.25, 0.3) is 0 Å². The van der Waals surface area contributed by atoms with Crippen LogP contribution in [0, 0.1) is 0 Å². The molecule has 20 aromatic rings. The molecule has 612 valence electrons. The molecule has 6 heteroatoms. The van der Waals surface area contributed by atoms with Gasteiger partial charge in [0.2, 0.25) is 0 Å². The molecule has 0 unspecified atom stereocenters. The molecule has 6 aliphatic carbocycles. The number of hydrogen-bond donors (Lipinski definition) is 2. The molecule has 2 N–H and O–H groups in total. The monoisotopic (exact) mass is 1680 g/mol. The summed E-state index contributed by atoms with van der Waals surface area (Å²) in [5, 5.41) is 19.3. The van der Waals surface area contributed by atoms with Gasteiger partial charge in [-0.05, 0) is 251 Å². The molecule has 0 aromatic heterocycles. The van der Waals surface area contributed by atoms with E-state index in [-0.39, 0.29) is 0 Å². The fourth-order valence-corrected chi connectivity index (χ4v) is 23.6. The Balaban J connectivity index is 0.000000119. The molecule has 0 aliphatic heterocycles. The number of halogens is 1. The molecule has 20 aromatic carbocycles. The highest BCUT2D eigenvalue weighted by atomic mass is 35.5. The molecule has 26 rings (SSSR count). The van der Waals surface area contributed by atoms with Gasteiger partial charge in [-0.1, -0.05) is 430 Å². The fourth-order valence-electron chi connectivity index (χ4n) is 23.3. The van der Waals surface area contributed by atoms with Gasteiger partial charge < -0.3 is 19.8 Å².